The lowest BCUT2D eigenvalue weighted by atomic mass is 10.0. The Labute approximate surface area is 244 Å². The van der Waals surface area contributed by atoms with Gasteiger partial charge >= 0.3 is 10.4 Å². The molecule has 1 fully saturated rings. The minimum Gasteiger partial charge on any atom is -0.457 e. The monoisotopic (exact) mass is 581 g/mol. The van der Waals surface area contributed by atoms with E-state index in [0.29, 0.717) is 0 Å². The smallest absolute Gasteiger partial charge is 0.394 e. The highest BCUT2D eigenvalue weighted by molar-refractivity contribution is 7.79. The van der Waals surface area contributed by atoms with Crippen molar-refractivity contribution >= 4 is 10.4 Å². The highest BCUT2D eigenvalue weighted by Gasteiger charge is 2.08. The van der Waals surface area contributed by atoms with Crippen LogP contribution in [0, 0.1) is 0 Å². The van der Waals surface area contributed by atoms with Gasteiger partial charge in [0.05, 0.1) is 13.2 Å². The van der Waals surface area contributed by atoms with Gasteiger partial charge in [-0.3, -0.25) is 9.11 Å². The maximum atomic E-state index is 8.74. The van der Waals surface area contributed by atoms with Crippen molar-refractivity contribution in [3.05, 3.63) is 59.7 Å². The Hall–Kier alpha value is -1.97. The number of para-hydroxylation sites is 2. The van der Waals surface area contributed by atoms with Crippen molar-refractivity contribution < 1.29 is 27.0 Å². The third-order valence-corrected chi connectivity index (χ3v) is 6.47. The fourth-order valence-corrected chi connectivity index (χ4v) is 4.28. The summed E-state index contributed by atoms with van der Waals surface area (Å²) in [5, 5.41) is 0. The Morgan fingerprint density at radius 3 is 1.25 bits per heavy atom. The molecule has 7 nitrogen and oxygen atoms in total. The predicted molar refractivity (Wildman–Crippen MR) is 166 cm³/mol. The molecular weight excluding hydrogens is 526 g/mol. The standard InChI is InChI=1S/C30H46O.C2H4O.H3N.H2O4S/c1-3-5-7-9-11-13-15-21-27-23-17-19-25-29(27)31-30-26-20-18-24-28(30)22-16-14-12-10-8-6-4-2;1-2-3-1;;1-5(2,3)4/h17-20,23-26H,3-16,21-22H2,1-2H3;1-2H2;1H3;(H2,1,2,3,4). The van der Waals surface area contributed by atoms with Crippen LogP contribution in [0.1, 0.15) is 115 Å². The molecule has 8 heteroatoms. The van der Waals surface area contributed by atoms with Crippen LogP contribution < -0.4 is 10.9 Å². The number of benzene rings is 2. The maximum absolute atomic E-state index is 8.74. The highest BCUT2D eigenvalue weighted by atomic mass is 32.3. The molecule has 0 aromatic heterocycles. The summed E-state index contributed by atoms with van der Waals surface area (Å²) in [5.74, 6) is 2.08. The fourth-order valence-electron chi connectivity index (χ4n) is 4.28. The molecule has 0 radical (unpaired) electrons. The number of unbranched alkanes of at least 4 members (excludes halogenated alkanes) is 12. The summed E-state index contributed by atoms with van der Waals surface area (Å²) in [5.41, 5.74) is 2.70. The van der Waals surface area contributed by atoms with E-state index < -0.39 is 10.4 Å². The van der Waals surface area contributed by atoms with Crippen LogP contribution in [0.2, 0.25) is 0 Å². The van der Waals surface area contributed by atoms with E-state index in [-0.39, 0.29) is 6.15 Å². The summed E-state index contributed by atoms with van der Waals surface area (Å²) < 4.78 is 42.5. The van der Waals surface area contributed by atoms with E-state index in [9.17, 15) is 0 Å². The molecule has 0 bridgehead atoms. The van der Waals surface area contributed by atoms with E-state index in [2.05, 4.69) is 67.1 Å². The minimum absolute atomic E-state index is 0. The van der Waals surface area contributed by atoms with Crippen molar-refractivity contribution in [1.82, 2.24) is 6.15 Å². The van der Waals surface area contributed by atoms with Gasteiger partial charge in [-0.2, -0.15) is 8.42 Å². The van der Waals surface area contributed by atoms with Gasteiger partial charge in [-0.1, -0.05) is 127 Å². The van der Waals surface area contributed by atoms with Crippen molar-refractivity contribution in [3.8, 4) is 11.5 Å². The van der Waals surface area contributed by atoms with Gasteiger partial charge in [0.1, 0.15) is 11.5 Å². The number of aryl methyl sites for hydroxylation is 2. The first kappa shape index (κ1) is 38.0. The average molecular weight is 582 g/mol. The number of ether oxygens (including phenoxy) is 2. The Bertz CT molecular complexity index is 895. The molecule has 1 heterocycles. The summed E-state index contributed by atoms with van der Waals surface area (Å²) in [6, 6.07) is 17.3. The molecule has 2 aromatic carbocycles. The SMILES string of the molecule is C1CO1.CCCCCCCCCc1ccccc1Oc1ccccc1CCCCCCCCC.N.O=S(=O)(O)O. The third kappa shape index (κ3) is 23.9. The molecule has 230 valence electrons. The molecule has 0 amide bonds. The lowest BCUT2D eigenvalue weighted by molar-refractivity contribution is 0.381. The van der Waals surface area contributed by atoms with Crippen molar-refractivity contribution in [2.45, 2.75) is 117 Å². The molecule has 0 atom stereocenters. The summed E-state index contributed by atoms with van der Waals surface area (Å²) in [6.45, 7) is 6.56. The molecule has 1 aliphatic rings. The number of epoxide rings is 1. The van der Waals surface area contributed by atoms with Crippen molar-refractivity contribution in [2.75, 3.05) is 13.2 Å². The van der Waals surface area contributed by atoms with E-state index >= 15 is 0 Å². The van der Waals surface area contributed by atoms with Crippen molar-refractivity contribution in [2.24, 2.45) is 0 Å². The van der Waals surface area contributed by atoms with E-state index in [1.807, 2.05) is 0 Å². The molecule has 0 aliphatic carbocycles. The predicted octanol–water partition coefficient (Wildman–Crippen LogP) is 9.59. The normalized spacial score (nSPS) is 11.8. The van der Waals surface area contributed by atoms with E-state index in [4.69, 9.17) is 22.3 Å². The van der Waals surface area contributed by atoms with Crippen LogP contribution in [0.3, 0.4) is 0 Å². The van der Waals surface area contributed by atoms with Crippen LogP contribution in [-0.2, 0) is 28.0 Å². The summed E-state index contributed by atoms with van der Waals surface area (Å²) in [6.07, 6.45) is 21.1. The van der Waals surface area contributed by atoms with Crippen LogP contribution in [0.25, 0.3) is 0 Å². The zero-order valence-corrected chi connectivity index (χ0v) is 25.8. The van der Waals surface area contributed by atoms with Gasteiger partial charge in [0.25, 0.3) is 0 Å². The lowest BCUT2D eigenvalue weighted by Gasteiger charge is -2.14. The largest absolute Gasteiger partial charge is 0.457 e. The van der Waals surface area contributed by atoms with Gasteiger partial charge in [0.2, 0.25) is 0 Å². The van der Waals surface area contributed by atoms with Crippen LogP contribution in [0.15, 0.2) is 48.5 Å². The second-order valence-electron chi connectivity index (χ2n) is 10.1. The van der Waals surface area contributed by atoms with Crippen LogP contribution in [0.4, 0.5) is 0 Å². The van der Waals surface area contributed by atoms with Crippen molar-refractivity contribution in [1.29, 1.82) is 0 Å². The zero-order valence-electron chi connectivity index (χ0n) is 25.0. The summed E-state index contributed by atoms with van der Waals surface area (Å²) in [4.78, 5) is 0. The Morgan fingerprint density at radius 2 is 0.925 bits per heavy atom. The van der Waals surface area contributed by atoms with Gasteiger partial charge in [-0.25, -0.2) is 0 Å². The maximum Gasteiger partial charge on any atom is 0.394 e. The Kier molecular flexibility index (Phi) is 23.6. The minimum atomic E-state index is -4.67. The van der Waals surface area contributed by atoms with E-state index in [0.717, 1.165) is 37.6 Å². The van der Waals surface area contributed by atoms with Gasteiger partial charge in [-0.05, 0) is 48.9 Å². The van der Waals surface area contributed by atoms with E-state index in [1.165, 1.54) is 101 Å². The quantitative estimate of drug-likeness (QED) is 0.0907. The molecule has 0 unspecified atom stereocenters. The number of rotatable bonds is 18. The molecule has 2 aromatic rings. The molecule has 40 heavy (non-hydrogen) atoms. The summed E-state index contributed by atoms with van der Waals surface area (Å²) >= 11 is 0. The van der Waals surface area contributed by atoms with Gasteiger partial charge in [-0.15, -0.1) is 0 Å². The van der Waals surface area contributed by atoms with Crippen LogP contribution in [-0.4, -0.2) is 30.7 Å². The molecular formula is C32H55NO6S. The molecule has 0 saturated carbocycles. The first-order valence-corrected chi connectivity index (χ1v) is 16.4. The van der Waals surface area contributed by atoms with Crippen LogP contribution in [0.5, 0.6) is 11.5 Å². The van der Waals surface area contributed by atoms with E-state index in [1.54, 1.807) is 0 Å². The van der Waals surface area contributed by atoms with Crippen LogP contribution >= 0.6 is 0 Å². The van der Waals surface area contributed by atoms with Gasteiger partial charge < -0.3 is 15.6 Å². The van der Waals surface area contributed by atoms with Gasteiger partial charge in [0, 0.05) is 0 Å². The Morgan fingerprint density at radius 1 is 0.625 bits per heavy atom. The Balaban J connectivity index is 0.00000146. The first-order valence-electron chi connectivity index (χ1n) is 15.0. The molecule has 0 spiro atoms. The zero-order chi connectivity index (χ0) is 28.6. The third-order valence-electron chi connectivity index (χ3n) is 6.47. The second kappa shape index (κ2) is 24.8. The molecule has 5 N–H and O–H groups in total. The fraction of sp³-hybridized carbons (Fsp3) is 0.625. The lowest BCUT2D eigenvalue weighted by Crippen LogP contribution is -1.96. The topological polar surface area (TPSA) is 131 Å². The molecule has 1 saturated heterocycles. The molecule has 1 aliphatic heterocycles. The first-order chi connectivity index (χ1) is 18.8. The van der Waals surface area contributed by atoms with Gasteiger partial charge in [0.15, 0.2) is 0 Å². The highest BCUT2D eigenvalue weighted by Crippen LogP contribution is 2.30. The summed E-state index contributed by atoms with van der Waals surface area (Å²) in [7, 11) is -4.67. The number of hydrogen-bond donors (Lipinski definition) is 3. The van der Waals surface area contributed by atoms with Crippen molar-refractivity contribution in [3.63, 3.8) is 0 Å². The number of hydrogen-bond acceptors (Lipinski definition) is 5. The average Bonchev–Trinajstić information content (AvgIpc) is 3.78. The molecule has 3 rings (SSSR count). The second-order valence-corrected chi connectivity index (χ2v) is 11.0.